The molecule has 3 N–H and O–H groups in total. The summed E-state index contributed by atoms with van der Waals surface area (Å²) in [5, 5.41) is 2.73. The number of morpholine rings is 1. The Kier molecular flexibility index (Phi) is 8.88. The largest absolute Gasteiger partial charge is 0.462 e. The lowest BCUT2D eigenvalue weighted by molar-refractivity contribution is -0.149. The van der Waals surface area contributed by atoms with Gasteiger partial charge in [-0.05, 0) is 39.3 Å². The van der Waals surface area contributed by atoms with Crippen LogP contribution < -0.4 is 20.2 Å². The van der Waals surface area contributed by atoms with Crippen LogP contribution >= 0.6 is 7.75 Å². The Morgan fingerprint density at radius 3 is 2.66 bits per heavy atom. The molecule has 13 nitrogen and oxygen atoms in total. The second kappa shape index (κ2) is 12.6. The number of aromatic nitrogens is 4. The lowest BCUT2D eigenvalue weighted by Crippen LogP contribution is -2.37. The average Bonchev–Trinajstić information content (AvgIpc) is 3.59. The predicted molar refractivity (Wildman–Crippen MR) is 154 cm³/mol. The van der Waals surface area contributed by atoms with Gasteiger partial charge in [0.15, 0.2) is 17.0 Å². The molecule has 0 bridgehead atoms. The Morgan fingerprint density at radius 1 is 1.17 bits per heavy atom. The van der Waals surface area contributed by atoms with E-state index in [1.54, 1.807) is 51.4 Å². The molecule has 1 saturated heterocycles. The first-order valence-electron chi connectivity index (χ1n) is 13.7. The first kappa shape index (κ1) is 29.0. The molecular weight excluding hydrogens is 549 g/mol. The van der Waals surface area contributed by atoms with Crippen molar-refractivity contribution in [3.63, 3.8) is 0 Å². The number of nitrogens with zero attached hydrogens (tertiary/aromatic N) is 5. The van der Waals surface area contributed by atoms with Gasteiger partial charge in [-0.2, -0.15) is 15.1 Å². The number of ether oxygens (including phenoxy) is 2. The number of carbonyl (C=O) groups excluding carboxylic acids is 1. The molecule has 1 fully saturated rings. The average molecular weight is 586 g/mol. The summed E-state index contributed by atoms with van der Waals surface area (Å²) in [5.41, 5.74) is 7.42. The van der Waals surface area contributed by atoms with Gasteiger partial charge in [0, 0.05) is 19.0 Å². The molecule has 220 valence electrons. The van der Waals surface area contributed by atoms with Crippen molar-refractivity contribution in [2.45, 2.75) is 45.4 Å². The van der Waals surface area contributed by atoms with Crippen LogP contribution in [0.3, 0.4) is 0 Å². The highest BCUT2D eigenvalue weighted by Crippen LogP contribution is 2.46. The van der Waals surface area contributed by atoms with E-state index in [4.69, 9.17) is 24.3 Å². The lowest BCUT2D eigenvalue weighted by Gasteiger charge is -2.27. The zero-order valence-electron chi connectivity index (χ0n) is 23.4. The SMILES string of the molecule is CC(C)OC(=O)[C@H](C)N[P@](=O)(OC[C@@H]1C=C[C@H](n2cnc3c(N4CCOCC4)nc(N)nc32)C1)Oc1ccccc1. The molecule has 41 heavy (non-hydrogen) atoms. The topological polar surface area (TPSA) is 156 Å². The number of imidazole rings is 1. The number of para-hydroxylation sites is 1. The second-order valence-corrected chi connectivity index (χ2v) is 12.0. The molecule has 4 atom stereocenters. The number of hydrogen-bond donors (Lipinski definition) is 2. The maximum Gasteiger partial charge on any atom is 0.459 e. The third-order valence-corrected chi connectivity index (χ3v) is 8.37. The van der Waals surface area contributed by atoms with Gasteiger partial charge in [0.25, 0.3) is 0 Å². The summed E-state index contributed by atoms with van der Waals surface area (Å²) in [4.78, 5) is 28.1. The fraction of sp³-hybridized carbons (Fsp3) is 0.481. The number of carbonyl (C=O) groups is 1. The van der Waals surface area contributed by atoms with E-state index in [0.717, 1.165) is 0 Å². The Balaban J connectivity index is 1.28. The fourth-order valence-corrected chi connectivity index (χ4v) is 6.31. The standard InChI is InChI=1S/C27H36N7O6P/c1-18(2)39-26(35)19(3)32-41(36,40-22-7-5-4-6-8-22)38-16-20-9-10-21(15-20)34-17-29-23-24(30-27(28)31-25(23)34)33-11-13-37-14-12-33/h4-10,17-21H,11-16H2,1-3H3,(H,32,36)(H2,28,30,31)/t19-,20+,21-,41-/m0/s1. The summed E-state index contributed by atoms with van der Waals surface area (Å²) in [6.07, 6.45) is 6.13. The van der Waals surface area contributed by atoms with Crippen LogP contribution in [0.1, 0.15) is 33.2 Å². The molecule has 0 unspecified atom stereocenters. The van der Waals surface area contributed by atoms with Crippen molar-refractivity contribution >= 4 is 36.6 Å². The second-order valence-electron chi connectivity index (χ2n) is 10.3. The molecule has 0 amide bonds. The van der Waals surface area contributed by atoms with Crippen molar-refractivity contribution < 1.29 is 27.9 Å². The van der Waals surface area contributed by atoms with Crippen LogP contribution in [-0.4, -0.2) is 70.5 Å². The zero-order chi connectivity index (χ0) is 29.0. The minimum Gasteiger partial charge on any atom is -0.462 e. The molecule has 3 aromatic rings. The highest BCUT2D eigenvalue weighted by Gasteiger charge is 2.34. The molecule has 0 spiro atoms. The zero-order valence-corrected chi connectivity index (χ0v) is 24.3. The van der Waals surface area contributed by atoms with Crippen molar-refractivity contribution in [3.05, 3.63) is 48.8 Å². The first-order valence-corrected chi connectivity index (χ1v) is 15.2. The van der Waals surface area contributed by atoms with Crippen molar-refractivity contribution in [3.8, 4) is 5.75 Å². The molecule has 0 radical (unpaired) electrons. The number of hydrogen-bond acceptors (Lipinski definition) is 11. The molecule has 2 aliphatic rings. The summed E-state index contributed by atoms with van der Waals surface area (Å²) < 4.78 is 38.1. The number of nitrogen functional groups attached to an aromatic ring is 1. The van der Waals surface area contributed by atoms with E-state index in [9.17, 15) is 9.36 Å². The van der Waals surface area contributed by atoms with E-state index >= 15 is 0 Å². The number of benzene rings is 1. The van der Waals surface area contributed by atoms with E-state index in [1.165, 1.54) is 0 Å². The number of fused-ring (bicyclic) bond motifs is 1. The monoisotopic (exact) mass is 585 g/mol. The van der Waals surface area contributed by atoms with Crippen LogP contribution in [0.15, 0.2) is 48.8 Å². The Labute approximate surface area is 238 Å². The highest BCUT2D eigenvalue weighted by atomic mass is 31.2. The third-order valence-electron chi connectivity index (χ3n) is 6.72. The molecule has 2 aromatic heterocycles. The first-order chi connectivity index (χ1) is 19.7. The van der Waals surface area contributed by atoms with Crippen molar-refractivity contribution in [1.82, 2.24) is 24.6 Å². The van der Waals surface area contributed by atoms with Crippen LogP contribution in [-0.2, 0) is 23.4 Å². The van der Waals surface area contributed by atoms with Gasteiger partial charge < -0.3 is 29.2 Å². The van der Waals surface area contributed by atoms with Gasteiger partial charge in [0.1, 0.15) is 11.8 Å². The van der Waals surface area contributed by atoms with Gasteiger partial charge in [0.2, 0.25) is 5.95 Å². The van der Waals surface area contributed by atoms with Gasteiger partial charge in [-0.1, -0.05) is 30.4 Å². The number of nitrogens with two attached hydrogens (primary N) is 1. The van der Waals surface area contributed by atoms with Crippen LogP contribution in [0, 0.1) is 5.92 Å². The quantitative estimate of drug-likeness (QED) is 0.192. The smallest absolute Gasteiger partial charge is 0.459 e. The predicted octanol–water partition coefficient (Wildman–Crippen LogP) is 3.50. The lowest BCUT2D eigenvalue weighted by atomic mass is 10.1. The van der Waals surface area contributed by atoms with Crippen molar-refractivity contribution in [1.29, 1.82) is 0 Å². The van der Waals surface area contributed by atoms with Crippen LogP contribution in [0.25, 0.3) is 11.2 Å². The summed E-state index contributed by atoms with van der Waals surface area (Å²) in [6, 6.07) is 7.70. The summed E-state index contributed by atoms with van der Waals surface area (Å²) in [6.45, 7) is 7.78. The van der Waals surface area contributed by atoms with Crippen LogP contribution in [0.4, 0.5) is 11.8 Å². The maximum atomic E-state index is 13.8. The molecule has 14 heteroatoms. The van der Waals surface area contributed by atoms with E-state index in [1.807, 2.05) is 22.8 Å². The van der Waals surface area contributed by atoms with Crippen molar-refractivity contribution in [2.24, 2.45) is 5.92 Å². The van der Waals surface area contributed by atoms with Gasteiger partial charge in [-0.15, -0.1) is 0 Å². The van der Waals surface area contributed by atoms with Gasteiger partial charge in [-0.3, -0.25) is 9.32 Å². The van der Waals surface area contributed by atoms with E-state index in [0.29, 0.717) is 55.5 Å². The van der Waals surface area contributed by atoms with Crippen LogP contribution in [0.2, 0.25) is 0 Å². The Morgan fingerprint density at radius 2 is 1.93 bits per heavy atom. The third kappa shape index (κ3) is 7.05. The number of anilines is 2. The van der Waals surface area contributed by atoms with Gasteiger partial charge in [-0.25, -0.2) is 9.55 Å². The minimum absolute atomic E-state index is 0.0669. The Hall–Kier alpha value is -3.51. The molecular formula is C27H36N7O6P. The summed E-state index contributed by atoms with van der Waals surface area (Å²) in [7, 11) is -3.95. The van der Waals surface area contributed by atoms with Gasteiger partial charge in [0.05, 0.1) is 38.3 Å². The van der Waals surface area contributed by atoms with E-state index in [-0.39, 0.29) is 30.6 Å². The van der Waals surface area contributed by atoms with Crippen molar-refractivity contribution in [2.75, 3.05) is 43.5 Å². The van der Waals surface area contributed by atoms with E-state index in [2.05, 4.69) is 24.9 Å². The Bertz CT molecular complexity index is 1430. The molecule has 5 rings (SSSR count). The number of allylic oxidation sites excluding steroid dienone is 1. The number of rotatable bonds is 11. The molecule has 1 aromatic carbocycles. The molecule has 1 aliphatic carbocycles. The fourth-order valence-electron chi connectivity index (χ4n) is 4.77. The molecule has 3 heterocycles. The minimum atomic E-state index is -3.95. The van der Waals surface area contributed by atoms with E-state index < -0.39 is 19.8 Å². The van der Waals surface area contributed by atoms with Gasteiger partial charge >= 0.3 is 13.7 Å². The number of nitrogens with one attached hydrogen (secondary N) is 1. The summed E-state index contributed by atoms with van der Waals surface area (Å²) in [5.74, 6) is 0.601. The summed E-state index contributed by atoms with van der Waals surface area (Å²) >= 11 is 0. The maximum absolute atomic E-state index is 13.8. The van der Waals surface area contributed by atoms with Crippen LogP contribution in [0.5, 0.6) is 5.75 Å². The molecule has 0 saturated carbocycles. The number of esters is 1. The normalized spacial score (nSPS) is 21.2. The molecule has 1 aliphatic heterocycles. The highest BCUT2D eigenvalue weighted by molar-refractivity contribution is 7.52.